The molecule has 0 heterocycles. The number of rotatable bonds is 3. The van der Waals surface area contributed by atoms with Crippen LogP contribution >= 0.6 is 15.9 Å². The van der Waals surface area contributed by atoms with Gasteiger partial charge in [0.05, 0.1) is 10.4 Å². The van der Waals surface area contributed by atoms with Crippen molar-refractivity contribution in [1.29, 1.82) is 0 Å². The first-order chi connectivity index (χ1) is 9.49. The van der Waals surface area contributed by atoms with Crippen LogP contribution in [-0.2, 0) is 4.79 Å². The van der Waals surface area contributed by atoms with Gasteiger partial charge in [-0.1, -0.05) is 34.1 Å². The zero-order valence-electron chi connectivity index (χ0n) is 11.2. The monoisotopic (exact) mass is 337 g/mol. The van der Waals surface area contributed by atoms with Gasteiger partial charge in [0, 0.05) is 18.0 Å². The highest BCUT2D eigenvalue weighted by Crippen LogP contribution is 2.22. The van der Waals surface area contributed by atoms with Crippen molar-refractivity contribution < 1.29 is 14.4 Å². The highest BCUT2D eigenvalue weighted by Gasteiger charge is 2.28. The Hall–Kier alpha value is -1.49. The molecule has 1 saturated carbocycles. The maximum atomic E-state index is 12.3. The molecule has 0 aliphatic heterocycles. The Kier molecular flexibility index (Phi) is 4.70. The van der Waals surface area contributed by atoms with Gasteiger partial charge in [0.15, 0.2) is 5.78 Å². The van der Waals surface area contributed by atoms with Crippen LogP contribution in [0.15, 0.2) is 24.3 Å². The molecule has 106 valence electrons. The number of hydrogen-bond donors (Lipinski definition) is 1. The largest absolute Gasteiger partial charge is 0.349 e. The molecule has 1 amide bonds. The molecule has 1 aliphatic rings. The Labute approximate surface area is 126 Å². The number of halogens is 1. The summed E-state index contributed by atoms with van der Waals surface area (Å²) < 4.78 is 0. The van der Waals surface area contributed by atoms with E-state index in [0.29, 0.717) is 30.4 Å². The minimum Gasteiger partial charge on any atom is -0.349 e. The maximum absolute atomic E-state index is 12.3. The molecule has 4 nitrogen and oxygen atoms in total. The number of nitrogens with one attached hydrogen (secondary N) is 1. The average Bonchev–Trinajstić information content (AvgIpc) is 2.43. The minimum absolute atomic E-state index is 0.0374. The minimum atomic E-state index is -0.255. The average molecular weight is 338 g/mol. The van der Waals surface area contributed by atoms with E-state index < -0.39 is 0 Å². The van der Waals surface area contributed by atoms with Gasteiger partial charge in [-0.25, -0.2) is 0 Å². The van der Waals surface area contributed by atoms with Crippen LogP contribution in [0.5, 0.6) is 0 Å². The topological polar surface area (TPSA) is 63.2 Å². The molecule has 0 bridgehead atoms. The van der Waals surface area contributed by atoms with Gasteiger partial charge in [-0.05, 0) is 25.8 Å². The molecule has 20 heavy (non-hydrogen) atoms. The number of Topliss-reactive ketones (excluding diaryl/α,β-unsaturated/α-hetero) is 2. The van der Waals surface area contributed by atoms with Gasteiger partial charge >= 0.3 is 0 Å². The molecule has 1 aromatic carbocycles. The lowest BCUT2D eigenvalue weighted by molar-refractivity contribution is -0.119. The third-order valence-corrected chi connectivity index (χ3v) is 4.35. The van der Waals surface area contributed by atoms with E-state index in [-0.39, 0.29) is 28.3 Å². The van der Waals surface area contributed by atoms with E-state index in [0.717, 1.165) is 0 Å². The van der Waals surface area contributed by atoms with Crippen LogP contribution in [0.1, 0.15) is 46.9 Å². The Morgan fingerprint density at radius 2 is 1.90 bits per heavy atom. The third kappa shape index (κ3) is 3.33. The van der Waals surface area contributed by atoms with Crippen molar-refractivity contribution in [3.63, 3.8) is 0 Å². The Morgan fingerprint density at radius 1 is 1.25 bits per heavy atom. The second kappa shape index (κ2) is 6.31. The molecular formula is C15H16BrNO3. The number of benzene rings is 1. The van der Waals surface area contributed by atoms with Gasteiger partial charge in [-0.15, -0.1) is 0 Å². The van der Waals surface area contributed by atoms with Crippen molar-refractivity contribution >= 4 is 33.4 Å². The lowest BCUT2D eigenvalue weighted by Crippen LogP contribution is -2.41. The SMILES string of the molecule is CC(=O)c1ccccc1C(=O)NC1CCC(=O)C(Br)C1. The summed E-state index contributed by atoms with van der Waals surface area (Å²) in [4.78, 5) is 35.0. The van der Waals surface area contributed by atoms with Gasteiger partial charge in [0.25, 0.3) is 5.91 Å². The lowest BCUT2D eigenvalue weighted by atomic mass is 9.93. The quantitative estimate of drug-likeness (QED) is 0.680. The predicted molar refractivity (Wildman–Crippen MR) is 79.3 cm³/mol. The Bertz CT molecular complexity index is 556. The summed E-state index contributed by atoms with van der Waals surface area (Å²) in [6.07, 6.45) is 1.71. The molecule has 0 radical (unpaired) electrons. The van der Waals surface area contributed by atoms with Crippen LogP contribution in [0.2, 0.25) is 0 Å². The van der Waals surface area contributed by atoms with Crippen LogP contribution in [0.4, 0.5) is 0 Å². The standard InChI is InChI=1S/C15H16BrNO3/c1-9(18)11-4-2-3-5-12(11)15(20)17-10-6-7-14(19)13(16)8-10/h2-5,10,13H,6-8H2,1H3,(H,17,20). The normalized spacial score (nSPS) is 22.4. The summed E-state index contributed by atoms with van der Waals surface area (Å²) in [6, 6.07) is 6.73. The lowest BCUT2D eigenvalue weighted by Gasteiger charge is -2.25. The van der Waals surface area contributed by atoms with Crippen molar-refractivity contribution in [1.82, 2.24) is 5.32 Å². The Balaban J connectivity index is 2.09. The molecule has 1 aromatic rings. The van der Waals surface area contributed by atoms with Crippen molar-refractivity contribution in [3.05, 3.63) is 35.4 Å². The zero-order valence-corrected chi connectivity index (χ0v) is 12.8. The molecule has 0 spiro atoms. The van der Waals surface area contributed by atoms with Crippen molar-refractivity contribution in [2.75, 3.05) is 0 Å². The Morgan fingerprint density at radius 3 is 2.50 bits per heavy atom. The van der Waals surface area contributed by atoms with E-state index in [9.17, 15) is 14.4 Å². The third-order valence-electron chi connectivity index (χ3n) is 3.47. The highest BCUT2D eigenvalue weighted by atomic mass is 79.9. The maximum Gasteiger partial charge on any atom is 0.252 e. The van der Waals surface area contributed by atoms with E-state index in [1.54, 1.807) is 24.3 Å². The first-order valence-corrected chi connectivity index (χ1v) is 7.48. The van der Waals surface area contributed by atoms with Crippen LogP contribution in [0.3, 0.4) is 0 Å². The zero-order chi connectivity index (χ0) is 14.7. The summed E-state index contributed by atoms with van der Waals surface area (Å²) in [5.41, 5.74) is 0.815. The number of hydrogen-bond acceptors (Lipinski definition) is 3. The second-order valence-corrected chi connectivity index (χ2v) is 6.09. The molecule has 2 atom stereocenters. The number of ketones is 2. The summed E-state index contributed by atoms with van der Waals surface area (Å²) in [7, 11) is 0. The summed E-state index contributed by atoms with van der Waals surface area (Å²) in [5.74, 6) is -0.206. The smallest absolute Gasteiger partial charge is 0.252 e. The molecule has 0 saturated heterocycles. The van der Waals surface area contributed by atoms with Crippen molar-refractivity contribution in [2.45, 2.75) is 37.1 Å². The number of carbonyl (C=O) groups excluding carboxylic acids is 3. The van der Waals surface area contributed by atoms with Crippen LogP contribution in [0, 0.1) is 0 Å². The fourth-order valence-electron chi connectivity index (χ4n) is 2.35. The number of amides is 1. The van der Waals surface area contributed by atoms with Gasteiger partial charge in [0.2, 0.25) is 0 Å². The highest BCUT2D eigenvalue weighted by molar-refractivity contribution is 9.10. The molecule has 0 aromatic heterocycles. The number of carbonyl (C=O) groups is 3. The molecule has 2 unspecified atom stereocenters. The fraction of sp³-hybridized carbons (Fsp3) is 0.400. The van der Waals surface area contributed by atoms with Crippen LogP contribution in [-0.4, -0.2) is 28.3 Å². The number of alkyl halides is 1. The van der Waals surface area contributed by atoms with Crippen molar-refractivity contribution in [3.8, 4) is 0 Å². The first-order valence-electron chi connectivity index (χ1n) is 6.56. The summed E-state index contributed by atoms with van der Waals surface area (Å²) in [5, 5.41) is 2.91. The predicted octanol–water partition coefficient (Wildman–Crippen LogP) is 2.50. The van der Waals surface area contributed by atoms with Crippen LogP contribution < -0.4 is 5.32 Å². The van der Waals surface area contributed by atoms with Gasteiger partial charge in [0.1, 0.15) is 5.78 Å². The van der Waals surface area contributed by atoms with E-state index in [1.807, 2.05) is 0 Å². The first kappa shape index (κ1) is 14.9. The van der Waals surface area contributed by atoms with Gasteiger partial charge in [-0.3, -0.25) is 14.4 Å². The molecular weight excluding hydrogens is 322 g/mol. The molecule has 1 fully saturated rings. The van der Waals surface area contributed by atoms with Gasteiger partial charge < -0.3 is 5.32 Å². The fourth-order valence-corrected chi connectivity index (χ4v) is 3.03. The van der Waals surface area contributed by atoms with Crippen molar-refractivity contribution in [2.24, 2.45) is 0 Å². The van der Waals surface area contributed by atoms with E-state index in [4.69, 9.17) is 0 Å². The molecule has 2 rings (SSSR count). The summed E-state index contributed by atoms with van der Waals surface area (Å²) in [6.45, 7) is 1.44. The summed E-state index contributed by atoms with van der Waals surface area (Å²) >= 11 is 3.32. The van der Waals surface area contributed by atoms with Gasteiger partial charge in [-0.2, -0.15) is 0 Å². The molecule has 1 N–H and O–H groups in total. The second-order valence-electron chi connectivity index (χ2n) is 4.98. The van der Waals surface area contributed by atoms with E-state index >= 15 is 0 Å². The molecule has 5 heteroatoms. The van der Waals surface area contributed by atoms with Crippen LogP contribution in [0.25, 0.3) is 0 Å². The van der Waals surface area contributed by atoms with E-state index in [2.05, 4.69) is 21.2 Å². The van der Waals surface area contributed by atoms with E-state index in [1.165, 1.54) is 6.92 Å². The molecule has 1 aliphatic carbocycles.